The number of hydrogen-bond donors (Lipinski definition) is 3. The molecule has 5 heteroatoms. The summed E-state index contributed by atoms with van der Waals surface area (Å²) in [6.07, 6.45) is -0.318. The molecule has 1 rings (SSSR count). The van der Waals surface area contributed by atoms with E-state index in [1.54, 1.807) is 24.3 Å². The number of benzene rings is 1. The lowest BCUT2D eigenvalue weighted by molar-refractivity contribution is -0.148. The van der Waals surface area contributed by atoms with Crippen molar-refractivity contribution in [2.24, 2.45) is 11.5 Å². The quantitative estimate of drug-likeness (QED) is 0.614. The molecular formula is C12H14N2O3. The summed E-state index contributed by atoms with van der Waals surface area (Å²) < 4.78 is 0. The van der Waals surface area contributed by atoms with Crippen LogP contribution in [0.5, 0.6) is 0 Å². The first-order valence-electron chi connectivity index (χ1n) is 4.93. The lowest BCUT2D eigenvalue weighted by Crippen LogP contribution is -2.54. The first-order valence-corrected chi connectivity index (χ1v) is 4.93. The van der Waals surface area contributed by atoms with E-state index in [0.29, 0.717) is 11.1 Å². The molecule has 0 unspecified atom stereocenters. The molecule has 5 N–H and O–H groups in total. The van der Waals surface area contributed by atoms with Crippen molar-refractivity contribution in [3.8, 4) is 0 Å². The number of carbonyl (C=O) groups is 2. The normalized spacial score (nSPS) is 10.9. The molecule has 17 heavy (non-hydrogen) atoms. The predicted molar refractivity (Wildman–Crippen MR) is 63.4 cm³/mol. The largest absolute Gasteiger partial charge is 0.371 e. The Kier molecular flexibility index (Phi) is 3.65. The third-order valence-electron chi connectivity index (χ3n) is 2.47. The molecule has 2 amide bonds. The van der Waals surface area contributed by atoms with Crippen molar-refractivity contribution in [1.82, 2.24) is 0 Å². The zero-order valence-corrected chi connectivity index (χ0v) is 9.22. The van der Waals surface area contributed by atoms with E-state index in [2.05, 4.69) is 6.58 Å². The summed E-state index contributed by atoms with van der Waals surface area (Å²) in [7, 11) is 0. The van der Waals surface area contributed by atoms with E-state index in [9.17, 15) is 14.7 Å². The summed E-state index contributed by atoms with van der Waals surface area (Å²) >= 11 is 0. The van der Waals surface area contributed by atoms with Gasteiger partial charge in [0, 0.05) is 6.42 Å². The molecule has 0 heterocycles. The van der Waals surface area contributed by atoms with Crippen molar-refractivity contribution in [3.05, 3.63) is 42.5 Å². The Morgan fingerprint density at radius 1 is 1.18 bits per heavy atom. The number of primary amides is 2. The summed E-state index contributed by atoms with van der Waals surface area (Å²) in [6, 6.07) is 8.84. The van der Waals surface area contributed by atoms with Gasteiger partial charge in [0.15, 0.2) is 0 Å². The Bertz CT molecular complexity index is 440. The summed E-state index contributed by atoms with van der Waals surface area (Å²) in [5.41, 5.74) is 8.65. The zero-order chi connectivity index (χ0) is 13.1. The van der Waals surface area contributed by atoms with Crippen LogP contribution >= 0.6 is 0 Å². The van der Waals surface area contributed by atoms with Crippen LogP contribution in [-0.2, 0) is 9.59 Å². The van der Waals surface area contributed by atoms with Gasteiger partial charge in [-0.15, -0.1) is 0 Å². The van der Waals surface area contributed by atoms with Crippen molar-refractivity contribution >= 4 is 17.4 Å². The lowest BCUT2D eigenvalue weighted by atomic mass is 9.90. The molecule has 0 saturated heterocycles. The van der Waals surface area contributed by atoms with Gasteiger partial charge >= 0.3 is 0 Å². The Labute approximate surface area is 98.7 Å². The van der Waals surface area contributed by atoms with Crippen LogP contribution in [0.3, 0.4) is 0 Å². The van der Waals surface area contributed by atoms with E-state index in [4.69, 9.17) is 11.5 Å². The molecule has 0 aliphatic carbocycles. The molecule has 0 bridgehead atoms. The average Bonchev–Trinajstić information content (AvgIpc) is 2.29. The highest BCUT2D eigenvalue weighted by atomic mass is 16.3. The van der Waals surface area contributed by atoms with Crippen LogP contribution in [-0.4, -0.2) is 22.5 Å². The van der Waals surface area contributed by atoms with Gasteiger partial charge in [-0.25, -0.2) is 0 Å². The van der Waals surface area contributed by atoms with Gasteiger partial charge < -0.3 is 16.6 Å². The average molecular weight is 234 g/mol. The predicted octanol–water partition coefficient (Wildman–Crippen LogP) is -0.208. The Hall–Kier alpha value is -2.14. The zero-order valence-electron chi connectivity index (χ0n) is 9.22. The smallest absolute Gasteiger partial charge is 0.259 e. The first-order chi connectivity index (χ1) is 7.88. The first kappa shape index (κ1) is 12.9. The molecule has 0 aromatic heterocycles. The summed E-state index contributed by atoms with van der Waals surface area (Å²) in [4.78, 5) is 22.1. The van der Waals surface area contributed by atoms with Crippen LogP contribution in [0.4, 0.5) is 0 Å². The van der Waals surface area contributed by atoms with E-state index < -0.39 is 17.4 Å². The minimum Gasteiger partial charge on any atom is -0.371 e. The number of carbonyl (C=O) groups excluding carboxylic acids is 2. The van der Waals surface area contributed by atoms with Crippen LogP contribution in [0.15, 0.2) is 36.9 Å². The second kappa shape index (κ2) is 4.80. The van der Waals surface area contributed by atoms with Crippen LogP contribution in [0.1, 0.15) is 12.0 Å². The molecule has 0 aliphatic rings. The Balaban J connectivity index is 2.94. The standard InChI is InChI=1S/C12H14N2O3/c1-8(9-5-3-2-4-6-9)7-12(17,10(13)15)11(14)16/h2-6,17H,1,7H2,(H2,13,15)(H2,14,16). The highest BCUT2D eigenvalue weighted by Gasteiger charge is 2.41. The molecule has 0 aliphatic heterocycles. The number of hydrogen-bond acceptors (Lipinski definition) is 3. The SMILES string of the molecule is C=C(CC(O)(C(N)=O)C(N)=O)c1ccccc1. The Morgan fingerprint density at radius 3 is 2.06 bits per heavy atom. The summed E-state index contributed by atoms with van der Waals surface area (Å²) in [5, 5.41) is 9.79. The number of amides is 2. The van der Waals surface area contributed by atoms with Gasteiger partial charge in [0.25, 0.3) is 11.8 Å². The van der Waals surface area contributed by atoms with Crippen LogP contribution in [0.25, 0.3) is 5.57 Å². The second-order valence-electron chi connectivity index (χ2n) is 3.74. The van der Waals surface area contributed by atoms with Crippen molar-refractivity contribution in [3.63, 3.8) is 0 Å². The van der Waals surface area contributed by atoms with Crippen molar-refractivity contribution < 1.29 is 14.7 Å². The van der Waals surface area contributed by atoms with Gasteiger partial charge in [0.05, 0.1) is 0 Å². The number of rotatable bonds is 5. The second-order valence-corrected chi connectivity index (χ2v) is 3.74. The maximum Gasteiger partial charge on any atom is 0.259 e. The van der Waals surface area contributed by atoms with Gasteiger partial charge in [-0.2, -0.15) is 0 Å². The highest BCUT2D eigenvalue weighted by molar-refractivity contribution is 6.08. The molecule has 0 radical (unpaired) electrons. The number of aliphatic hydroxyl groups is 1. The van der Waals surface area contributed by atoms with Crippen molar-refractivity contribution in [2.75, 3.05) is 0 Å². The minimum absolute atomic E-state index is 0.318. The topological polar surface area (TPSA) is 106 Å². The molecule has 90 valence electrons. The molecule has 1 aromatic rings. The van der Waals surface area contributed by atoms with E-state index >= 15 is 0 Å². The van der Waals surface area contributed by atoms with Crippen molar-refractivity contribution in [1.29, 1.82) is 0 Å². The van der Waals surface area contributed by atoms with Crippen molar-refractivity contribution in [2.45, 2.75) is 12.0 Å². The molecule has 0 spiro atoms. The van der Waals surface area contributed by atoms with Gasteiger partial charge in [-0.05, 0) is 11.1 Å². The molecular weight excluding hydrogens is 220 g/mol. The fraction of sp³-hybridized carbons (Fsp3) is 0.167. The molecule has 0 saturated carbocycles. The minimum atomic E-state index is -2.40. The van der Waals surface area contributed by atoms with E-state index in [-0.39, 0.29) is 6.42 Å². The maximum absolute atomic E-state index is 11.1. The third-order valence-corrected chi connectivity index (χ3v) is 2.47. The summed E-state index contributed by atoms with van der Waals surface area (Å²) in [6.45, 7) is 3.70. The maximum atomic E-state index is 11.1. The molecule has 0 fully saturated rings. The fourth-order valence-corrected chi connectivity index (χ4v) is 1.38. The molecule has 5 nitrogen and oxygen atoms in total. The lowest BCUT2D eigenvalue weighted by Gasteiger charge is -2.21. The molecule has 1 aromatic carbocycles. The van der Waals surface area contributed by atoms with Gasteiger partial charge in [0.2, 0.25) is 5.60 Å². The van der Waals surface area contributed by atoms with Gasteiger partial charge in [-0.3, -0.25) is 9.59 Å². The molecule has 0 atom stereocenters. The van der Waals surface area contributed by atoms with Crippen LogP contribution in [0.2, 0.25) is 0 Å². The number of nitrogens with two attached hydrogens (primary N) is 2. The van der Waals surface area contributed by atoms with Crippen LogP contribution in [0, 0.1) is 0 Å². The Morgan fingerprint density at radius 2 is 1.65 bits per heavy atom. The highest BCUT2D eigenvalue weighted by Crippen LogP contribution is 2.23. The van der Waals surface area contributed by atoms with E-state index in [0.717, 1.165) is 0 Å². The third kappa shape index (κ3) is 2.70. The van der Waals surface area contributed by atoms with Gasteiger partial charge in [-0.1, -0.05) is 36.9 Å². The summed E-state index contributed by atoms with van der Waals surface area (Å²) in [5.74, 6) is -2.36. The van der Waals surface area contributed by atoms with E-state index in [1.165, 1.54) is 0 Å². The van der Waals surface area contributed by atoms with E-state index in [1.807, 2.05) is 6.07 Å². The fourth-order valence-electron chi connectivity index (χ4n) is 1.38. The van der Waals surface area contributed by atoms with Crippen LogP contribution < -0.4 is 11.5 Å². The van der Waals surface area contributed by atoms with Gasteiger partial charge in [0.1, 0.15) is 0 Å². The monoisotopic (exact) mass is 234 g/mol.